The number of Topliss-reactive ketones (excluding diaryl/α,β-unsaturated/α-hetero) is 1. The van der Waals surface area contributed by atoms with E-state index in [-0.39, 0.29) is 30.1 Å². The zero-order chi connectivity index (χ0) is 15.6. The second-order valence-corrected chi connectivity index (χ2v) is 7.84. The summed E-state index contributed by atoms with van der Waals surface area (Å²) in [5, 5.41) is -4.96. The van der Waals surface area contributed by atoms with Gasteiger partial charge in [-0.3, -0.25) is 9.35 Å². The SMILES string of the molecule is O=C1C2CC3CC(COC(=O)C(F)(F)S(=O)(=O)O)(C2)CC13. The normalized spacial score (nSPS) is 38.0. The standard InChI is InChI=1S/C12H14F2O6S/c13-12(14,21(17,18)19)10(16)20-5-11-2-6-1-7(3-11)9(15)8(6)4-11/h6-8H,1-5H2,(H,17,18,19). The van der Waals surface area contributed by atoms with E-state index < -0.39 is 26.8 Å². The summed E-state index contributed by atoms with van der Waals surface area (Å²) in [5.41, 5.74) is -0.503. The Morgan fingerprint density at radius 2 is 2.05 bits per heavy atom. The molecule has 118 valence electrons. The molecule has 21 heavy (non-hydrogen) atoms. The van der Waals surface area contributed by atoms with E-state index in [1.807, 2.05) is 0 Å². The third kappa shape index (κ3) is 2.09. The molecular formula is C12H14F2O6S. The van der Waals surface area contributed by atoms with Gasteiger partial charge in [0.15, 0.2) is 0 Å². The highest BCUT2D eigenvalue weighted by Crippen LogP contribution is 2.62. The van der Waals surface area contributed by atoms with Crippen LogP contribution in [0.25, 0.3) is 0 Å². The summed E-state index contributed by atoms with van der Waals surface area (Å²) in [6.45, 7) is -0.340. The number of alkyl halides is 2. The first-order chi connectivity index (χ1) is 9.56. The lowest BCUT2D eigenvalue weighted by Crippen LogP contribution is -2.42. The minimum Gasteiger partial charge on any atom is -0.460 e. The fraction of sp³-hybridized carbons (Fsp3) is 0.833. The molecule has 0 aromatic rings. The first kappa shape index (κ1) is 14.8. The van der Waals surface area contributed by atoms with Gasteiger partial charge in [-0.2, -0.15) is 17.2 Å². The quantitative estimate of drug-likeness (QED) is 0.612. The van der Waals surface area contributed by atoms with Crippen LogP contribution in [-0.2, 0) is 24.4 Å². The summed E-state index contributed by atoms with van der Waals surface area (Å²) in [7, 11) is -5.84. The monoisotopic (exact) mass is 324 g/mol. The van der Waals surface area contributed by atoms with E-state index in [1.54, 1.807) is 0 Å². The Hall–Kier alpha value is -1.09. The van der Waals surface area contributed by atoms with E-state index >= 15 is 0 Å². The molecule has 6 nitrogen and oxygen atoms in total. The fourth-order valence-electron chi connectivity index (χ4n) is 4.24. The van der Waals surface area contributed by atoms with Gasteiger partial charge in [0.05, 0.1) is 6.61 Å². The van der Waals surface area contributed by atoms with Crippen molar-refractivity contribution < 1.29 is 36.1 Å². The van der Waals surface area contributed by atoms with Gasteiger partial charge in [-0.15, -0.1) is 0 Å². The van der Waals surface area contributed by atoms with Crippen LogP contribution in [0, 0.1) is 23.2 Å². The summed E-state index contributed by atoms with van der Waals surface area (Å²) in [4.78, 5) is 23.1. The molecule has 4 aliphatic carbocycles. The number of carbonyl (C=O) groups excluding carboxylic acids is 2. The van der Waals surface area contributed by atoms with Gasteiger partial charge >= 0.3 is 21.3 Å². The van der Waals surface area contributed by atoms with E-state index in [0.717, 1.165) is 6.42 Å². The highest BCUT2D eigenvalue weighted by Gasteiger charge is 2.61. The molecule has 4 rings (SSSR count). The van der Waals surface area contributed by atoms with Crippen LogP contribution in [0.5, 0.6) is 0 Å². The van der Waals surface area contributed by atoms with Crippen LogP contribution in [-0.4, -0.2) is 36.6 Å². The van der Waals surface area contributed by atoms with Crippen molar-refractivity contribution in [1.29, 1.82) is 0 Å². The van der Waals surface area contributed by atoms with E-state index in [1.165, 1.54) is 0 Å². The average molecular weight is 324 g/mol. The highest BCUT2D eigenvalue weighted by molar-refractivity contribution is 7.87. The Bertz CT molecular complexity index is 611. The lowest BCUT2D eigenvalue weighted by Gasteiger charge is -2.37. The molecule has 0 aromatic carbocycles. The number of hydrogen-bond acceptors (Lipinski definition) is 5. The molecule has 4 atom stereocenters. The van der Waals surface area contributed by atoms with E-state index in [4.69, 9.17) is 4.55 Å². The first-order valence-corrected chi connectivity index (χ1v) is 8.06. The topological polar surface area (TPSA) is 97.7 Å². The Kier molecular flexibility index (Phi) is 2.98. The van der Waals surface area contributed by atoms with Gasteiger partial charge in [-0.1, -0.05) is 0 Å². The minimum absolute atomic E-state index is 0.0791. The van der Waals surface area contributed by atoms with Gasteiger partial charge in [0, 0.05) is 17.3 Å². The number of ether oxygens (including phenoxy) is 1. The Balaban J connectivity index is 1.68. The van der Waals surface area contributed by atoms with Gasteiger partial charge in [-0.05, 0) is 31.6 Å². The van der Waals surface area contributed by atoms with Crippen molar-refractivity contribution in [2.75, 3.05) is 6.61 Å². The molecule has 0 saturated heterocycles. The predicted molar refractivity (Wildman–Crippen MR) is 63.8 cm³/mol. The van der Waals surface area contributed by atoms with Crippen molar-refractivity contribution in [3.8, 4) is 0 Å². The summed E-state index contributed by atoms with van der Waals surface area (Å²) in [6.07, 6.45) is 2.42. The van der Waals surface area contributed by atoms with Gasteiger partial charge in [-0.25, -0.2) is 4.79 Å². The number of halogens is 2. The predicted octanol–water partition coefficient (Wildman–Crippen LogP) is 1.02. The van der Waals surface area contributed by atoms with E-state index in [9.17, 15) is 26.8 Å². The molecular weight excluding hydrogens is 310 g/mol. The number of esters is 1. The van der Waals surface area contributed by atoms with Gasteiger partial charge in [0.2, 0.25) is 0 Å². The van der Waals surface area contributed by atoms with Crippen molar-refractivity contribution in [2.45, 2.75) is 30.9 Å². The molecule has 1 N–H and O–H groups in total. The summed E-state index contributed by atoms with van der Waals surface area (Å²) < 4.78 is 59.9. The van der Waals surface area contributed by atoms with Crippen LogP contribution in [0.3, 0.4) is 0 Å². The summed E-state index contributed by atoms with van der Waals surface area (Å²) >= 11 is 0. The second kappa shape index (κ2) is 4.22. The molecule has 4 bridgehead atoms. The lowest BCUT2D eigenvalue weighted by atomic mass is 9.69. The molecule has 0 spiro atoms. The second-order valence-electron chi connectivity index (χ2n) is 6.38. The molecule has 4 unspecified atom stereocenters. The number of rotatable bonds is 4. The maximum atomic E-state index is 13.1. The zero-order valence-electron chi connectivity index (χ0n) is 10.9. The summed E-state index contributed by atoms with van der Waals surface area (Å²) in [5.74, 6) is -2.01. The molecule has 0 radical (unpaired) electrons. The Morgan fingerprint density at radius 1 is 1.38 bits per heavy atom. The van der Waals surface area contributed by atoms with Gasteiger partial charge in [0.1, 0.15) is 5.78 Å². The molecule has 4 saturated carbocycles. The average Bonchev–Trinajstić information content (AvgIpc) is 2.75. The molecule has 0 heterocycles. The fourth-order valence-corrected chi connectivity index (χ4v) is 4.51. The molecule has 4 aliphatic rings. The largest absolute Gasteiger partial charge is 0.465 e. The minimum atomic E-state index is -5.84. The molecule has 0 aliphatic heterocycles. The maximum Gasteiger partial charge on any atom is 0.465 e. The van der Waals surface area contributed by atoms with Crippen LogP contribution in [0.1, 0.15) is 25.7 Å². The number of ketones is 1. The Morgan fingerprint density at radius 3 is 2.57 bits per heavy atom. The molecule has 9 heteroatoms. The van der Waals surface area contributed by atoms with Gasteiger partial charge < -0.3 is 4.74 Å². The van der Waals surface area contributed by atoms with Gasteiger partial charge in [0.25, 0.3) is 0 Å². The van der Waals surface area contributed by atoms with Crippen molar-refractivity contribution in [3.63, 3.8) is 0 Å². The molecule has 0 amide bonds. The smallest absolute Gasteiger partial charge is 0.460 e. The van der Waals surface area contributed by atoms with Crippen LogP contribution in [0.2, 0.25) is 0 Å². The van der Waals surface area contributed by atoms with Crippen molar-refractivity contribution in [2.24, 2.45) is 23.2 Å². The van der Waals surface area contributed by atoms with E-state index in [2.05, 4.69) is 4.74 Å². The third-order valence-corrected chi connectivity index (χ3v) is 5.84. The van der Waals surface area contributed by atoms with Crippen molar-refractivity contribution in [3.05, 3.63) is 0 Å². The van der Waals surface area contributed by atoms with Crippen molar-refractivity contribution >= 4 is 21.9 Å². The third-order valence-electron chi connectivity index (χ3n) is 5.02. The van der Waals surface area contributed by atoms with E-state index in [0.29, 0.717) is 19.3 Å². The molecule has 4 fully saturated rings. The van der Waals surface area contributed by atoms with Crippen LogP contribution in [0.4, 0.5) is 8.78 Å². The first-order valence-electron chi connectivity index (χ1n) is 6.62. The molecule has 0 aromatic heterocycles. The maximum absolute atomic E-state index is 13.1. The lowest BCUT2D eigenvalue weighted by molar-refractivity contribution is -0.166. The zero-order valence-corrected chi connectivity index (χ0v) is 11.7. The van der Waals surface area contributed by atoms with Crippen molar-refractivity contribution in [1.82, 2.24) is 0 Å². The van der Waals surface area contributed by atoms with Crippen LogP contribution < -0.4 is 0 Å². The number of carbonyl (C=O) groups is 2. The van der Waals surface area contributed by atoms with Crippen LogP contribution >= 0.6 is 0 Å². The Labute approximate surface area is 119 Å². The number of hydrogen-bond donors (Lipinski definition) is 1. The summed E-state index contributed by atoms with van der Waals surface area (Å²) in [6, 6.07) is 0. The van der Waals surface area contributed by atoms with Crippen LogP contribution in [0.15, 0.2) is 0 Å². The highest BCUT2D eigenvalue weighted by atomic mass is 32.2.